The molecule has 2 heterocycles. The minimum Gasteiger partial charge on any atom is -0.242 e. The average Bonchev–Trinajstić information content (AvgIpc) is 2.46. The quantitative estimate of drug-likeness (QED) is 0.740. The second-order valence-corrected chi connectivity index (χ2v) is 4.93. The van der Waals surface area contributed by atoms with Crippen LogP contribution in [0.2, 0.25) is 0 Å². The van der Waals surface area contributed by atoms with Gasteiger partial charge >= 0.3 is 12.0 Å². The van der Waals surface area contributed by atoms with Crippen LogP contribution >= 0.6 is 0 Å². The molecule has 1 aromatic heterocycles. The van der Waals surface area contributed by atoms with Crippen LogP contribution < -0.4 is 0 Å². The molecule has 1 aliphatic heterocycles. The summed E-state index contributed by atoms with van der Waals surface area (Å²) in [6, 6.07) is 4.07. The van der Waals surface area contributed by atoms with E-state index in [0.29, 0.717) is 0 Å². The zero-order chi connectivity index (χ0) is 12.8. The Labute approximate surface area is 110 Å². The summed E-state index contributed by atoms with van der Waals surface area (Å²) in [5.41, 5.74) is 1.27. The standard InChI is InChI=1S/C15H22N3/c1-3-13-6-9-18(10-7-13)12-17-15-11-14(4-2)5-8-16-15/h5,8,11,13H,3-4,6-7,9-10H2,1-2H3/q+1. The van der Waals surface area contributed by atoms with Gasteiger partial charge in [0.15, 0.2) is 0 Å². The van der Waals surface area contributed by atoms with Crippen molar-refractivity contribution < 1.29 is 0 Å². The molecule has 96 valence electrons. The van der Waals surface area contributed by atoms with Crippen LogP contribution in [0.5, 0.6) is 0 Å². The summed E-state index contributed by atoms with van der Waals surface area (Å²) in [5, 5.41) is 0. The van der Waals surface area contributed by atoms with Crippen molar-refractivity contribution in [3.63, 3.8) is 0 Å². The van der Waals surface area contributed by atoms with E-state index in [4.69, 9.17) is 0 Å². The van der Waals surface area contributed by atoms with Crippen LogP contribution in [0, 0.1) is 12.1 Å². The van der Waals surface area contributed by atoms with E-state index in [1.807, 2.05) is 18.3 Å². The number of nitrogens with zero attached hydrogens (tertiary/aromatic N) is 3. The maximum absolute atomic E-state index is 4.35. The normalized spacial score (nSPS) is 16.2. The predicted octanol–water partition coefficient (Wildman–Crippen LogP) is 3.69. The maximum Gasteiger partial charge on any atom is 0.359 e. The van der Waals surface area contributed by atoms with Crippen LogP contribution in [-0.2, 0) is 6.42 Å². The average molecular weight is 244 g/mol. The number of aromatic nitrogens is 1. The molecule has 0 N–H and O–H groups in total. The Bertz CT molecular complexity index is 437. The molecule has 0 aromatic carbocycles. The lowest BCUT2D eigenvalue weighted by Crippen LogP contribution is -2.29. The molecule has 2 rings (SSSR count). The fraction of sp³-hybridized carbons (Fsp3) is 0.600. The van der Waals surface area contributed by atoms with Crippen LogP contribution in [0.15, 0.2) is 18.3 Å². The van der Waals surface area contributed by atoms with Gasteiger partial charge in [-0.1, -0.05) is 25.3 Å². The van der Waals surface area contributed by atoms with Gasteiger partial charge in [0.2, 0.25) is 0 Å². The third-order valence-corrected chi connectivity index (χ3v) is 3.72. The number of pyridine rings is 1. The number of likely N-dealkylation sites (tertiary alicyclic amines) is 1. The van der Waals surface area contributed by atoms with E-state index in [0.717, 1.165) is 31.2 Å². The van der Waals surface area contributed by atoms with Crippen molar-refractivity contribution in [1.29, 1.82) is 0 Å². The molecule has 1 saturated heterocycles. The first-order chi connectivity index (χ1) is 8.81. The topological polar surface area (TPSA) is 20.5 Å². The van der Waals surface area contributed by atoms with Crippen molar-refractivity contribution in [2.75, 3.05) is 13.1 Å². The highest BCUT2D eigenvalue weighted by Crippen LogP contribution is 2.19. The molecule has 1 aliphatic rings. The van der Waals surface area contributed by atoms with E-state index in [2.05, 4.69) is 34.8 Å². The molecular weight excluding hydrogens is 222 g/mol. The molecule has 0 unspecified atom stereocenters. The van der Waals surface area contributed by atoms with Crippen molar-refractivity contribution in [3.8, 4) is 6.19 Å². The van der Waals surface area contributed by atoms with Crippen molar-refractivity contribution in [3.05, 3.63) is 28.7 Å². The van der Waals surface area contributed by atoms with Crippen LogP contribution in [0.4, 0.5) is 5.82 Å². The first-order valence-electron chi connectivity index (χ1n) is 6.98. The Balaban J connectivity index is 1.95. The minimum absolute atomic E-state index is 0.770. The van der Waals surface area contributed by atoms with Crippen LogP contribution in [0.3, 0.4) is 0 Å². The highest BCUT2D eigenvalue weighted by atomic mass is 15.1. The zero-order valence-electron chi connectivity index (χ0n) is 11.4. The van der Waals surface area contributed by atoms with Gasteiger partial charge in [-0.25, -0.2) is 4.90 Å². The van der Waals surface area contributed by atoms with E-state index < -0.39 is 0 Å². The van der Waals surface area contributed by atoms with E-state index in [-0.39, 0.29) is 0 Å². The highest BCUT2D eigenvalue weighted by Gasteiger charge is 2.19. The molecule has 0 spiro atoms. The summed E-state index contributed by atoms with van der Waals surface area (Å²) >= 11 is 0. The predicted molar refractivity (Wildman–Crippen MR) is 75.1 cm³/mol. The Hall–Kier alpha value is -1.56. The minimum atomic E-state index is 0.770. The highest BCUT2D eigenvalue weighted by molar-refractivity contribution is 5.40. The van der Waals surface area contributed by atoms with Crippen LogP contribution in [0.25, 0.3) is 4.85 Å². The number of rotatable bonds is 2. The third-order valence-electron chi connectivity index (χ3n) is 3.72. The van der Waals surface area contributed by atoms with Gasteiger partial charge in [0.05, 0.1) is 13.1 Å². The second-order valence-electron chi connectivity index (χ2n) is 4.93. The van der Waals surface area contributed by atoms with Gasteiger partial charge in [0.25, 0.3) is 0 Å². The van der Waals surface area contributed by atoms with Crippen molar-refractivity contribution in [2.45, 2.75) is 39.5 Å². The van der Waals surface area contributed by atoms with Gasteiger partial charge < -0.3 is 0 Å². The Morgan fingerprint density at radius 2 is 2.17 bits per heavy atom. The molecule has 0 bridgehead atoms. The third kappa shape index (κ3) is 3.46. The SMILES string of the molecule is CCc1ccnc([N+]#CN2CCC(CC)CC2)c1. The van der Waals surface area contributed by atoms with Crippen molar-refractivity contribution >= 4 is 5.82 Å². The number of aryl methyl sites for hydroxylation is 1. The van der Waals surface area contributed by atoms with Gasteiger partial charge in [0.1, 0.15) is 6.20 Å². The molecule has 3 nitrogen and oxygen atoms in total. The summed E-state index contributed by atoms with van der Waals surface area (Å²) in [4.78, 5) is 10.8. The van der Waals surface area contributed by atoms with E-state index in [9.17, 15) is 0 Å². The lowest BCUT2D eigenvalue weighted by atomic mass is 9.95. The molecule has 0 atom stereocenters. The summed E-state index contributed by atoms with van der Waals surface area (Å²) in [7, 11) is 0. The largest absolute Gasteiger partial charge is 0.359 e. The van der Waals surface area contributed by atoms with E-state index in [1.54, 1.807) is 0 Å². The van der Waals surface area contributed by atoms with Gasteiger partial charge in [-0.15, -0.1) is 0 Å². The lowest BCUT2D eigenvalue weighted by molar-refractivity contribution is 0.250. The van der Waals surface area contributed by atoms with Crippen molar-refractivity contribution in [2.24, 2.45) is 5.92 Å². The first kappa shape index (κ1) is 12.9. The second kappa shape index (κ2) is 6.39. The molecule has 18 heavy (non-hydrogen) atoms. The molecular formula is C15H22N3+. The zero-order valence-corrected chi connectivity index (χ0v) is 11.4. The first-order valence-corrected chi connectivity index (χ1v) is 6.98. The number of piperidine rings is 1. The van der Waals surface area contributed by atoms with E-state index in [1.165, 1.54) is 24.8 Å². The molecule has 0 saturated carbocycles. The van der Waals surface area contributed by atoms with Crippen molar-refractivity contribution in [1.82, 2.24) is 9.88 Å². The Morgan fingerprint density at radius 1 is 1.39 bits per heavy atom. The summed E-state index contributed by atoms with van der Waals surface area (Å²) in [6.45, 7) is 6.57. The smallest absolute Gasteiger partial charge is 0.242 e. The summed E-state index contributed by atoms with van der Waals surface area (Å²) < 4.78 is 0. The van der Waals surface area contributed by atoms with Crippen LogP contribution in [-0.4, -0.2) is 23.0 Å². The van der Waals surface area contributed by atoms with Gasteiger partial charge in [0, 0.05) is 6.07 Å². The molecule has 1 fully saturated rings. The molecule has 0 radical (unpaired) electrons. The van der Waals surface area contributed by atoms with Gasteiger partial charge in [-0.2, -0.15) is 4.85 Å². The Kier molecular flexibility index (Phi) is 4.58. The summed E-state index contributed by atoms with van der Waals surface area (Å²) in [6.07, 6.45) is 9.80. The fourth-order valence-electron chi connectivity index (χ4n) is 2.30. The molecule has 0 amide bonds. The molecule has 1 aromatic rings. The molecule has 3 heteroatoms. The maximum atomic E-state index is 4.35. The number of hydrogen-bond acceptors (Lipinski definition) is 2. The fourth-order valence-corrected chi connectivity index (χ4v) is 2.30. The lowest BCUT2D eigenvalue weighted by Gasteiger charge is -2.23. The van der Waals surface area contributed by atoms with Gasteiger partial charge in [-0.05, 0) is 36.8 Å². The van der Waals surface area contributed by atoms with E-state index >= 15 is 0 Å². The monoisotopic (exact) mass is 244 g/mol. The Morgan fingerprint density at radius 3 is 2.83 bits per heavy atom. The summed E-state index contributed by atoms with van der Waals surface area (Å²) in [5.74, 6) is 1.66. The van der Waals surface area contributed by atoms with Crippen LogP contribution in [0.1, 0.15) is 38.7 Å². The molecule has 0 aliphatic carbocycles. The van der Waals surface area contributed by atoms with Gasteiger partial charge in [-0.3, -0.25) is 0 Å². The number of hydrogen-bond donors (Lipinski definition) is 0.